The molecule has 21 heavy (non-hydrogen) atoms. The SMILES string of the molecule is COc1ncnc2c1[nH]c(=S)n2CCN(C)C1CCCC1. The Bertz CT molecular complexity index is 674. The van der Waals surface area contributed by atoms with Crippen LogP contribution in [-0.2, 0) is 6.54 Å². The molecule has 0 radical (unpaired) electrons. The summed E-state index contributed by atoms with van der Waals surface area (Å²) in [5.41, 5.74) is 1.58. The number of likely N-dealkylation sites (N-methyl/N-ethyl adjacent to an activating group) is 1. The molecule has 0 amide bonds. The lowest BCUT2D eigenvalue weighted by Crippen LogP contribution is -2.32. The zero-order chi connectivity index (χ0) is 14.8. The number of nitrogens with one attached hydrogen (secondary N) is 1. The molecular formula is C14H21N5OS. The summed E-state index contributed by atoms with van der Waals surface area (Å²) in [6, 6.07) is 0.716. The Morgan fingerprint density at radius 1 is 1.43 bits per heavy atom. The molecule has 1 N–H and O–H groups in total. The van der Waals surface area contributed by atoms with E-state index in [2.05, 4.69) is 26.9 Å². The molecule has 0 atom stereocenters. The van der Waals surface area contributed by atoms with E-state index < -0.39 is 0 Å². The van der Waals surface area contributed by atoms with Crippen molar-refractivity contribution in [1.82, 2.24) is 24.4 Å². The van der Waals surface area contributed by atoms with E-state index in [0.717, 1.165) is 24.3 Å². The van der Waals surface area contributed by atoms with Crippen LogP contribution in [0, 0.1) is 4.77 Å². The van der Waals surface area contributed by atoms with E-state index in [1.54, 1.807) is 7.11 Å². The summed E-state index contributed by atoms with van der Waals surface area (Å²) < 4.78 is 7.95. The van der Waals surface area contributed by atoms with Crippen LogP contribution in [0.5, 0.6) is 5.88 Å². The average Bonchev–Trinajstić information content (AvgIpc) is 3.12. The maximum atomic E-state index is 5.41. The summed E-state index contributed by atoms with van der Waals surface area (Å²) in [7, 11) is 3.80. The van der Waals surface area contributed by atoms with Gasteiger partial charge in [-0.05, 0) is 32.1 Å². The molecule has 2 aromatic rings. The van der Waals surface area contributed by atoms with E-state index in [1.165, 1.54) is 32.0 Å². The Hall–Kier alpha value is -1.47. The smallest absolute Gasteiger partial charge is 0.242 e. The van der Waals surface area contributed by atoms with Crippen molar-refractivity contribution in [2.75, 3.05) is 20.7 Å². The fourth-order valence-corrected chi connectivity index (χ4v) is 3.37. The first kappa shape index (κ1) is 14.5. The monoisotopic (exact) mass is 307 g/mol. The lowest BCUT2D eigenvalue weighted by atomic mass is 10.2. The van der Waals surface area contributed by atoms with Crippen LogP contribution in [-0.4, -0.2) is 51.2 Å². The minimum atomic E-state index is 0.536. The Kier molecular flexibility index (Phi) is 4.21. The molecule has 0 saturated heterocycles. The minimum Gasteiger partial charge on any atom is -0.479 e. The molecule has 3 rings (SSSR count). The average molecular weight is 307 g/mol. The maximum Gasteiger partial charge on any atom is 0.242 e. The number of rotatable bonds is 5. The first-order valence-electron chi connectivity index (χ1n) is 7.38. The van der Waals surface area contributed by atoms with Crippen molar-refractivity contribution in [3.63, 3.8) is 0 Å². The van der Waals surface area contributed by atoms with E-state index in [9.17, 15) is 0 Å². The molecule has 1 aliphatic rings. The molecule has 0 aliphatic heterocycles. The topological polar surface area (TPSA) is 59.0 Å². The van der Waals surface area contributed by atoms with Gasteiger partial charge in [0.05, 0.1) is 7.11 Å². The first-order valence-corrected chi connectivity index (χ1v) is 7.79. The van der Waals surface area contributed by atoms with Crippen molar-refractivity contribution in [3.8, 4) is 5.88 Å². The summed E-state index contributed by atoms with van der Waals surface area (Å²) in [5.74, 6) is 0.536. The zero-order valence-electron chi connectivity index (χ0n) is 12.5. The van der Waals surface area contributed by atoms with E-state index in [-0.39, 0.29) is 0 Å². The fourth-order valence-electron chi connectivity index (χ4n) is 3.09. The predicted octanol–water partition coefficient (Wildman–Crippen LogP) is 2.37. The second-order valence-corrected chi connectivity index (χ2v) is 5.97. The van der Waals surface area contributed by atoms with E-state index in [0.29, 0.717) is 16.7 Å². The van der Waals surface area contributed by atoms with Gasteiger partial charge in [0.1, 0.15) is 11.8 Å². The van der Waals surface area contributed by atoms with Crippen LogP contribution in [0.2, 0.25) is 0 Å². The highest BCUT2D eigenvalue weighted by molar-refractivity contribution is 7.71. The highest BCUT2D eigenvalue weighted by Gasteiger charge is 2.19. The molecule has 2 heterocycles. The van der Waals surface area contributed by atoms with E-state index in [1.807, 2.05) is 4.57 Å². The molecule has 0 unspecified atom stereocenters. The van der Waals surface area contributed by atoms with Gasteiger partial charge in [0, 0.05) is 19.1 Å². The Morgan fingerprint density at radius 3 is 2.90 bits per heavy atom. The minimum absolute atomic E-state index is 0.536. The van der Waals surface area contributed by atoms with Crippen LogP contribution in [0.15, 0.2) is 6.33 Å². The van der Waals surface area contributed by atoms with Gasteiger partial charge in [-0.3, -0.25) is 0 Å². The second kappa shape index (κ2) is 6.11. The molecule has 114 valence electrons. The summed E-state index contributed by atoms with van der Waals surface area (Å²) >= 11 is 5.41. The fraction of sp³-hybridized carbons (Fsp3) is 0.643. The molecule has 1 aliphatic carbocycles. The molecular weight excluding hydrogens is 286 g/mol. The first-order chi connectivity index (χ1) is 10.2. The highest BCUT2D eigenvalue weighted by Crippen LogP contribution is 2.23. The predicted molar refractivity (Wildman–Crippen MR) is 84.2 cm³/mol. The molecule has 2 aromatic heterocycles. The lowest BCUT2D eigenvalue weighted by Gasteiger charge is -2.24. The van der Waals surface area contributed by atoms with Crippen LogP contribution in [0.3, 0.4) is 0 Å². The summed E-state index contributed by atoms with van der Waals surface area (Å²) in [5, 5.41) is 0. The number of imidazole rings is 1. The Labute approximate surface area is 129 Å². The van der Waals surface area contributed by atoms with Gasteiger partial charge in [-0.25, -0.2) is 4.98 Å². The number of nitrogens with zero attached hydrogens (tertiary/aromatic N) is 4. The van der Waals surface area contributed by atoms with Crippen molar-refractivity contribution >= 4 is 23.4 Å². The van der Waals surface area contributed by atoms with Crippen molar-refractivity contribution < 1.29 is 4.74 Å². The Morgan fingerprint density at radius 2 is 2.19 bits per heavy atom. The number of H-pyrrole nitrogens is 1. The third kappa shape index (κ3) is 2.80. The number of hydrogen-bond donors (Lipinski definition) is 1. The molecule has 0 aromatic carbocycles. The van der Waals surface area contributed by atoms with Gasteiger partial charge < -0.3 is 19.2 Å². The van der Waals surface area contributed by atoms with Gasteiger partial charge in [0.15, 0.2) is 10.4 Å². The number of methoxy groups -OCH3 is 1. The van der Waals surface area contributed by atoms with Crippen molar-refractivity contribution in [2.45, 2.75) is 38.3 Å². The van der Waals surface area contributed by atoms with Gasteiger partial charge in [-0.15, -0.1) is 0 Å². The van der Waals surface area contributed by atoms with Crippen LogP contribution >= 0.6 is 12.2 Å². The van der Waals surface area contributed by atoms with Crippen LogP contribution in [0.4, 0.5) is 0 Å². The number of hydrogen-bond acceptors (Lipinski definition) is 5. The van der Waals surface area contributed by atoms with Crippen molar-refractivity contribution in [2.24, 2.45) is 0 Å². The summed E-state index contributed by atoms with van der Waals surface area (Å²) in [4.78, 5) is 14.0. The number of aromatic amines is 1. The molecule has 0 spiro atoms. The van der Waals surface area contributed by atoms with Crippen molar-refractivity contribution in [1.29, 1.82) is 0 Å². The van der Waals surface area contributed by atoms with Gasteiger partial charge in [0.25, 0.3) is 0 Å². The van der Waals surface area contributed by atoms with Gasteiger partial charge in [-0.2, -0.15) is 4.98 Å². The van der Waals surface area contributed by atoms with Crippen LogP contribution in [0.25, 0.3) is 11.2 Å². The standard InChI is InChI=1S/C14H21N5OS/c1-18(10-5-3-4-6-10)7-8-19-12-11(17-14(19)21)13(20-2)16-9-15-12/h9-10H,3-8H2,1-2H3,(H,17,21). The maximum absolute atomic E-state index is 5.41. The molecule has 1 saturated carbocycles. The zero-order valence-corrected chi connectivity index (χ0v) is 13.3. The third-order valence-corrected chi connectivity index (χ3v) is 4.67. The van der Waals surface area contributed by atoms with Gasteiger partial charge >= 0.3 is 0 Å². The number of fused-ring (bicyclic) bond motifs is 1. The molecule has 7 heteroatoms. The lowest BCUT2D eigenvalue weighted by molar-refractivity contribution is 0.237. The van der Waals surface area contributed by atoms with Crippen molar-refractivity contribution in [3.05, 3.63) is 11.1 Å². The van der Waals surface area contributed by atoms with Gasteiger partial charge in [-0.1, -0.05) is 12.8 Å². The van der Waals surface area contributed by atoms with Gasteiger partial charge in [0.2, 0.25) is 5.88 Å². The quantitative estimate of drug-likeness (QED) is 0.859. The van der Waals surface area contributed by atoms with E-state index in [4.69, 9.17) is 17.0 Å². The largest absolute Gasteiger partial charge is 0.479 e. The highest BCUT2D eigenvalue weighted by atomic mass is 32.1. The van der Waals surface area contributed by atoms with Crippen LogP contribution < -0.4 is 4.74 Å². The normalized spacial score (nSPS) is 16.1. The van der Waals surface area contributed by atoms with E-state index >= 15 is 0 Å². The summed E-state index contributed by atoms with van der Waals surface area (Å²) in [6.07, 6.45) is 6.84. The molecule has 0 bridgehead atoms. The molecule has 6 nitrogen and oxygen atoms in total. The Balaban J connectivity index is 1.80. The number of aromatic nitrogens is 4. The molecule has 1 fully saturated rings. The number of ether oxygens (including phenoxy) is 1. The third-order valence-electron chi connectivity index (χ3n) is 4.34. The van der Waals surface area contributed by atoms with Crippen LogP contribution in [0.1, 0.15) is 25.7 Å². The second-order valence-electron chi connectivity index (χ2n) is 5.58. The summed E-state index contributed by atoms with van der Waals surface area (Å²) in [6.45, 7) is 1.80.